The fourth-order valence-corrected chi connectivity index (χ4v) is 4.72. The molecule has 188 valence electrons. The molecule has 0 spiro atoms. The van der Waals surface area contributed by atoms with Crippen LogP contribution in [-0.2, 0) is 14.3 Å². The predicted octanol–water partition coefficient (Wildman–Crippen LogP) is 4.96. The van der Waals surface area contributed by atoms with Gasteiger partial charge < -0.3 is 18.9 Å². The maximum Gasteiger partial charge on any atom is 0.411 e. The minimum Gasteiger partial charge on any atom is -0.496 e. The second-order valence-corrected chi connectivity index (χ2v) is 10.3. The number of esters is 1. The minimum absolute atomic E-state index is 0.117. The molecule has 1 amide bonds. The third kappa shape index (κ3) is 5.02. The highest BCUT2D eigenvalue weighted by atomic mass is 79.9. The van der Waals surface area contributed by atoms with E-state index in [1.54, 1.807) is 40.0 Å². The Morgan fingerprint density at radius 3 is 2.53 bits per heavy atom. The Labute approximate surface area is 217 Å². The maximum atomic E-state index is 12.8. The molecular weight excluding hydrogens is 530 g/mol. The maximum absolute atomic E-state index is 12.8. The number of nitriles is 1. The number of carbonyl (C=O) groups excluding carboxylic acids is 2. The number of methoxy groups -OCH3 is 2. The lowest BCUT2D eigenvalue weighted by Gasteiger charge is -2.27. The summed E-state index contributed by atoms with van der Waals surface area (Å²) in [4.78, 5) is 31.3. The molecule has 1 aliphatic rings. The Balaban J connectivity index is 1.76. The van der Waals surface area contributed by atoms with Crippen molar-refractivity contribution in [3.05, 3.63) is 40.4 Å². The second-order valence-electron chi connectivity index (χ2n) is 9.44. The summed E-state index contributed by atoms with van der Waals surface area (Å²) in [6.07, 6.45) is -0.954. The van der Waals surface area contributed by atoms with Crippen LogP contribution in [0.25, 0.3) is 21.7 Å². The van der Waals surface area contributed by atoms with Crippen molar-refractivity contribution >= 4 is 49.7 Å². The fourth-order valence-electron chi connectivity index (χ4n) is 4.21. The van der Waals surface area contributed by atoms with E-state index >= 15 is 0 Å². The summed E-state index contributed by atoms with van der Waals surface area (Å²) < 4.78 is 22.9. The number of aromatic nitrogens is 1. The standard InChI is InChI=1S/C26H26BrN3O6/c1-26(2,3)36-25(32)30-13-15(9-21(30)24(31)34-5)35-23-18-10-19(27)22(33-4)11-17(18)16-7-6-14(12-28)8-20(16)29-23/h6-8,10-11,15,21H,9,13H2,1-5H3/t15-,21+/m1/s1. The van der Waals surface area contributed by atoms with E-state index in [1.165, 1.54) is 12.0 Å². The summed E-state index contributed by atoms with van der Waals surface area (Å²) in [6, 6.07) is 10.3. The van der Waals surface area contributed by atoms with Gasteiger partial charge in [-0.05, 0) is 61.0 Å². The summed E-state index contributed by atoms with van der Waals surface area (Å²) in [5.74, 6) is 0.401. The molecule has 1 aliphatic heterocycles. The lowest BCUT2D eigenvalue weighted by Crippen LogP contribution is -2.44. The first-order valence-electron chi connectivity index (χ1n) is 11.3. The number of pyridine rings is 1. The number of ether oxygens (including phenoxy) is 4. The Bertz CT molecular complexity index is 1390. The summed E-state index contributed by atoms with van der Waals surface area (Å²) in [5, 5.41) is 11.7. The van der Waals surface area contributed by atoms with E-state index in [0.29, 0.717) is 32.6 Å². The van der Waals surface area contributed by atoms with Gasteiger partial charge in [0.05, 0.1) is 42.4 Å². The highest BCUT2D eigenvalue weighted by Crippen LogP contribution is 2.39. The lowest BCUT2D eigenvalue weighted by atomic mass is 10.0. The van der Waals surface area contributed by atoms with Crippen molar-refractivity contribution in [2.75, 3.05) is 20.8 Å². The van der Waals surface area contributed by atoms with Gasteiger partial charge in [0.25, 0.3) is 0 Å². The van der Waals surface area contributed by atoms with E-state index in [2.05, 4.69) is 22.0 Å². The zero-order valence-electron chi connectivity index (χ0n) is 20.6. The first-order valence-corrected chi connectivity index (χ1v) is 12.1. The number of nitrogens with zero attached hydrogens (tertiary/aromatic N) is 3. The van der Waals surface area contributed by atoms with Crippen molar-refractivity contribution in [3.8, 4) is 17.7 Å². The number of benzene rings is 2. The SMILES string of the molecule is COC(=O)[C@@H]1C[C@@H](Oc2nc3cc(C#N)ccc3c3cc(OC)c(Br)cc23)CN1C(=O)OC(C)(C)C. The largest absolute Gasteiger partial charge is 0.496 e. The molecule has 36 heavy (non-hydrogen) atoms. The second kappa shape index (κ2) is 9.82. The number of likely N-dealkylation sites (tertiary alicyclic amines) is 1. The van der Waals surface area contributed by atoms with Crippen molar-refractivity contribution in [2.24, 2.45) is 0 Å². The number of hydrogen-bond donors (Lipinski definition) is 0. The molecule has 0 N–H and O–H groups in total. The van der Waals surface area contributed by atoms with E-state index in [-0.39, 0.29) is 13.0 Å². The minimum atomic E-state index is -0.849. The summed E-state index contributed by atoms with van der Waals surface area (Å²) in [6.45, 7) is 5.39. The van der Waals surface area contributed by atoms with Gasteiger partial charge in [0.15, 0.2) is 0 Å². The van der Waals surface area contributed by atoms with Gasteiger partial charge in [0.1, 0.15) is 23.5 Å². The van der Waals surface area contributed by atoms with Gasteiger partial charge in [-0.1, -0.05) is 6.07 Å². The Hall–Kier alpha value is -3.58. The van der Waals surface area contributed by atoms with Crippen molar-refractivity contribution in [2.45, 2.75) is 44.9 Å². The Morgan fingerprint density at radius 2 is 1.89 bits per heavy atom. The molecule has 1 saturated heterocycles. The van der Waals surface area contributed by atoms with Crippen LogP contribution in [0, 0.1) is 11.3 Å². The van der Waals surface area contributed by atoms with Crippen molar-refractivity contribution in [3.63, 3.8) is 0 Å². The van der Waals surface area contributed by atoms with Gasteiger partial charge >= 0.3 is 12.1 Å². The van der Waals surface area contributed by atoms with Crippen molar-refractivity contribution in [1.29, 1.82) is 5.26 Å². The van der Waals surface area contributed by atoms with Gasteiger partial charge in [-0.25, -0.2) is 14.6 Å². The van der Waals surface area contributed by atoms with Crippen LogP contribution >= 0.6 is 15.9 Å². The van der Waals surface area contributed by atoms with Crippen LogP contribution in [0.5, 0.6) is 11.6 Å². The first-order chi connectivity index (χ1) is 17.0. The molecule has 10 heteroatoms. The van der Waals surface area contributed by atoms with Crippen LogP contribution in [0.4, 0.5) is 4.79 Å². The highest BCUT2D eigenvalue weighted by molar-refractivity contribution is 9.10. The molecule has 0 bridgehead atoms. The molecule has 2 heterocycles. The molecule has 2 aromatic carbocycles. The fraction of sp³-hybridized carbons (Fsp3) is 0.385. The average Bonchev–Trinajstić information content (AvgIpc) is 3.26. The van der Waals surface area contributed by atoms with Crippen LogP contribution in [0.15, 0.2) is 34.8 Å². The number of halogens is 1. The number of rotatable bonds is 4. The van der Waals surface area contributed by atoms with Crippen LogP contribution in [0.3, 0.4) is 0 Å². The molecule has 3 aromatic rings. The van der Waals surface area contributed by atoms with Crippen molar-refractivity contribution in [1.82, 2.24) is 9.88 Å². The summed E-state index contributed by atoms with van der Waals surface area (Å²) >= 11 is 3.52. The molecule has 0 saturated carbocycles. The molecule has 0 radical (unpaired) electrons. The number of hydrogen-bond acceptors (Lipinski definition) is 8. The van der Waals surface area contributed by atoms with E-state index in [0.717, 1.165) is 10.8 Å². The molecule has 1 fully saturated rings. The normalized spacial score (nSPS) is 17.6. The molecule has 4 rings (SSSR count). The quantitative estimate of drug-likeness (QED) is 0.328. The molecule has 2 atom stereocenters. The molecular formula is C26H26BrN3O6. The van der Waals surface area contributed by atoms with E-state index < -0.39 is 29.8 Å². The monoisotopic (exact) mass is 555 g/mol. The van der Waals surface area contributed by atoms with Gasteiger partial charge in [0, 0.05) is 22.6 Å². The molecule has 9 nitrogen and oxygen atoms in total. The van der Waals surface area contributed by atoms with Crippen LogP contribution < -0.4 is 9.47 Å². The molecule has 0 unspecified atom stereocenters. The number of carbonyl (C=O) groups is 2. The topological polar surface area (TPSA) is 111 Å². The lowest BCUT2D eigenvalue weighted by molar-refractivity contribution is -0.145. The van der Waals surface area contributed by atoms with E-state index in [9.17, 15) is 14.9 Å². The Morgan fingerprint density at radius 1 is 1.14 bits per heavy atom. The number of amides is 1. The number of fused-ring (bicyclic) bond motifs is 3. The average molecular weight is 556 g/mol. The highest BCUT2D eigenvalue weighted by Gasteiger charge is 2.43. The third-order valence-electron chi connectivity index (χ3n) is 5.80. The molecule has 1 aromatic heterocycles. The predicted molar refractivity (Wildman–Crippen MR) is 136 cm³/mol. The van der Waals surface area contributed by atoms with Gasteiger partial charge in [-0.3, -0.25) is 4.90 Å². The van der Waals surface area contributed by atoms with Gasteiger partial charge in [-0.2, -0.15) is 5.26 Å². The van der Waals surface area contributed by atoms with Gasteiger partial charge in [0.2, 0.25) is 5.88 Å². The van der Waals surface area contributed by atoms with Crippen LogP contribution in [-0.4, -0.2) is 60.5 Å². The van der Waals surface area contributed by atoms with E-state index in [4.69, 9.17) is 23.9 Å². The zero-order chi connectivity index (χ0) is 26.2. The van der Waals surface area contributed by atoms with Gasteiger partial charge in [-0.15, -0.1) is 0 Å². The Kier molecular flexibility index (Phi) is 6.96. The van der Waals surface area contributed by atoms with E-state index in [1.807, 2.05) is 18.2 Å². The smallest absolute Gasteiger partial charge is 0.411 e. The first kappa shape index (κ1) is 25.5. The van der Waals surface area contributed by atoms with Crippen molar-refractivity contribution < 1.29 is 28.5 Å². The zero-order valence-corrected chi connectivity index (χ0v) is 22.2. The van der Waals surface area contributed by atoms with Crippen LogP contribution in [0.2, 0.25) is 0 Å². The summed E-state index contributed by atoms with van der Waals surface area (Å²) in [5.41, 5.74) is 0.316. The molecule has 0 aliphatic carbocycles. The summed E-state index contributed by atoms with van der Waals surface area (Å²) in [7, 11) is 2.86. The third-order valence-corrected chi connectivity index (χ3v) is 6.42. The van der Waals surface area contributed by atoms with Crippen LogP contribution in [0.1, 0.15) is 32.8 Å².